The van der Waals surface area contributed by atoms with E-state index in [0.717, 1.165) is 24.0 Å². The van der Waals surface area contributed by atoms with Crippen molar-refractivity contribution >= 4 is 5.91 Å². The number of likely N-dealkylation sites (N-methyl/N-ethyl adjacent to an activating group) is 1. The number of nitrogens with zero attached hydrogens (tertiary/aromatic N) is 1. The molecule has 0 aromatic heterocycles. The van der Waals surface area contributed by atoms with Crippen LogP contribution in [0.5, 0.6) is 0 Å². The molecule has 0 radical (unpaired) electrons. The van der Waals surface area contributed by atoms with Crippen LogP contribution in [-0.2, 0) is 11.2 Å². The van der Waals surface area contributed by atoms with E-state index in [-0.39, 0.29) is 17.8 Å². The Labute approximate surface area is 107 Å². The summed E-state index contributed by atoms with van der Waals surface area (Å²) >= 11 is 0. The van der Waals surface area contributed by atoms with Gasteiger partial charge in [0.1, 0.15) is 5.82 Å². The highest BCUT2D eigenvalue weighted by Gasteiger charge is 2.23. The normalized spacial score (nSPS) is 17.6. The Kier molecular flexibility index (Phi) is 3.97. The number of halogens is 1. The van der Waals surface area contributed by atoms with Crippen molar-refractivity contribution in [3.05, 3.63) is 35.1 Å². The van der Waals surface area contributed by atoms with Gasteiger partial charge in [-0.25, -0.2) is 4.39 Å². The van der Waals surface area contributed by atoms with Crippen molar-refractivity contribution in [3.8, 4) is 0 Å². The van der Waals surface area contributed by atoms with Gasteiger partial charge in [0.05, 0.1) is 6.54 Å². The Balaban J connectivity index is 1.96. The van der Waals surface area contributed by atoms with Crippen molar-refractivity contribution < 1.29 is 9.18 Å². The largest absolute Gasteiger partial charge is 0.345 e. The number of hydrogen-bond acceptors (Lipinski definition) is 2. The number of carbonyl (C=O) groups excluding carboxylic acids is 1. The molecule has 1 aromatic rings. The highest BCUT2D eigenvalue weighted by Crippen LogP contribution is 2.31. The molecule has 4 heteroatoms. The number of aryl methyl sites for hydroxylation is 1. The number of amides is 1. The second-order valence-electron chi connectivity index (χ2n) is 4.72. The van der Waals surface area contributed by atoms with Gasteiger partial charge in [-0.15, -0.1) is 0 Å². The number of hydrogen-bond donors (Lipinski definition) is 1. The zero-order valence-electron chi connectivity index (χ0n) is 10.9. The summed E-state index contributed by atoms with van der Waals surface area (Å²) in [4.78, 5) is 13.4. The van der Waals surface area contributed by atoms with Gasteiger partial charge < -0.3 is 10.2 Å². The molecule has 0 fully saturated rings. The van der Waals surface area contributed by atoms with E-state index in [1.807, 2.05) is 13.0 Å². The molecule has 0 spiro atoms. The van der Waals surface area contributed by atoms with E-state index in [2.05, 4.69) is 5.32 Å². The highest BCUT2D eigenvalue weighted by atomic mass is 19.1. The summed E-state index contributed by atoms with van der Waals surface area (Å²) in [6.07, 6.45) is 1.81. The van der Waals surface area contributed by atoms with E-state index in [9.17, 15) is 9.18 Å². The van der Waals surface area contributed by atoms with Gasteiger partial charge in [-0.1, -0.05) is 6.07 Å². The number of rotatable bonds is 4. The fourth-order valence-electron chi connectivity index (χ4n) is 2.32. The Hall–Kier alpha value is -1.42. The highest BCUT2D eigenvalue weighted by molar-refractivity contribution is 5.78. The Morgan fingerprint density at radius 2 is 2.33 bits per heavy atom. The maximum Gasteiger partial charge on any atom is 0.236 e. The van der Waals surface area contributed by atoms with Crippen molar-refractivity contribution in [3.63, 3.8) is 0 Å². The summed E-state index contributed by atoms with van der Waals surface area (Å²) in [6, 6.07) is 5.08. The maximum atomic E-state index is 13.1. The van der Waals surface area contributed by atoms with E-state index < -0.39 is 0 Å². The molecule has 1 aromatic carbocycles. The lowest BCUT2D eigenvalue weighted by Gasteiger charge is -2.18. The van der Waals surface area contributed by atoms with Gasteiger partial charge in [-0.05, 0) is 43.0 Å². The van der Waals surface area contributed by atoms with Crippen LogP contribution in [0.1, 0.15) is 30.5 Å². The molecule has 1 amide bonds. The first kappa shape index (κ1) is 13.0. The molecule has 1 unspecified atom stereocenters. The first-order valence-corrected chi connectivity index (χ1v) is 6.37. The molecule has 0 bridgehead atoms. The summed E-state index contributed by atoms with van der Waals surface area (Å²) in [5.41, 5.74) is 2.19. The Morgan fingerprint density at radius 3 is 3.06 bits per heavy atom. The standard InChI is InChI=1S/C14H19FN2O/c1-3-17(2)14(18)9-16-13-7-4-10-8-11(15)5-6-12(10)13/h5-6,8,13,16H,3-4,7,9H2,1-2H3. The van der Waals surface area contributed by atoms with Crippen molar-refractivity contribution in [2.45, 2.75) is 25.8 Å². The van der Waals surface area contributed by atoms with Gasteiger partial charge in [0.15, 0.2) is 0 Å². The SMILES string of the molecule is CCN(C)C(=O)CNC1CCc2cc(F)ccc21. The van der Waals surface area contributed by atoms with Gasteiger partial charge in [-0.2, -0.15) is 0 Å². The lowest BCUT2D eigenvalue weighted by molar-refractivity contribution is -0.128. The molecular weight excluding hydrogens is 231 g/mol. The van der Waals surface area contributed by atoms with Crippen LogP contribution in [0.2, 0.25) is 0 Å². The number of nitrogens with one attached hydrogen (secondary N) is 1. The molecule has 0 saturated heterocycles. The summed E-state index contributed by atoms with van der Waals surface area (Å²) in [5, 5.41) is 3.26. The molecule has 0 saturated carbocycles. The molecule has 0 heterocycles. The molecule has 0 aliphatic heterocycles. The van der Waals surface area contributed by atoms with Crippen molar-refractivity contribution in [1.82, 2.24) is 10.2 Å². The van der Waals surface area contributed by atoms with E-state index in [4.69, 9.17) is 0 Å². The fourth-order valence-corrected chi connectivity index (χ4v) is 2.32. The quantitative estimate of drug-likeness (QED) is 0.885. The molecule has 1 N–H and O–H groups in total. The molecule has 1 aliphatic rings. The third-order valence-corrected chi connectivity index (χ3v) is 3.58. The summed E-state index contributed by atoms with van der Waals surface area (Å²) in [5.74, 6) is -0.0933. The second-order valence-corrected chi connectivity index (χ2v) is 4.72. The van der Waals surface area contributed by atoms with Gasteiger partial charge >= 0.3 is 0 Å². The monoisotopic (exact) mass is 250 g/mol. The van der Waals surface area contributed by atoms with Crippen LogP contribution in [0.15, 0.2) is 18.2 Å². The number of fused-ring (bicyclic) bond motifs is 1. The van der Waals surface area contributed by atoms with Crippen LogP contribution in [0.3, 0.4) is 0 Å². The summed E-state index contributed by atoms with van der Waals surface area (Å²) in [6.45, 7) is 3.00. The molecular formula is C14H19FN2O. The number of carbonyl (C=O) groups is 1. The summed E-state index contributed by atoms with van der Waals surface area (Å²) in [7, 11) is 1.79. The van der Waals surface area contributed by atoms with Crippen LogP contribution in [-0.4, -0.2) is 30.9 Å². The van der Waals surface area contributed by atoms with Crippen LogP contribution in [0.4, 0.5) is 4.39 Å². The minimum absolute atomic E-state index is 0.0908. The third kappa shape index (κ3) is 2.70. The third-order valence-electron chi connectivity index (χ3n) is 3.58. The predicted molar refractivity (Wildman–Crippen MR) is 68.8 cm³/mol. The van der Waals surface area contributed by atoms with Crippen molar-refractivity contribution in [1.29, 1.82) is 0 Å². The average Bonchev–Trinajstić information content (AvgIpc) is 2.77. The molecule has 18 heavy (non-hydrogen) atoms. The van der Waals surface area contributed by atoms with E-state index in [1.165, 1.54) is 6.07 Å². The first-order chi connectivity index (χ1) is 8.61. The molecule has 1 aliphatic carbocycles. The molecule has 1 atom stereocenters. The maximum absolute atomic E-state index is 13.1. The zero-order valence-corrected chi connectivity index (χ0v) is 10.9. The van der Waals surface area contributed by atoms with Crippen LogP contribution in [0, 0.1) is 5.82 Å². The minimum atomic E-state index is -0.184. The summed E-state index contributed by atoms with van der Waals surface area (Å²) < 4.78 is 13.1. The number of benzene rings is 1. The van der Waals surface area contributed by atoms with Gasteiger partial charge in [0.2, 0.25) is 5.91 Å². The predicted octanol–water partition coefficient (Wildman–Crippen LogP) is 1.88. The topological polar surface area (TPSA) is 32.3 Å². The zero-order chi connectivity index (χ0) is 13.1. The van der Waals surface area contributed by atoms with E-state index in [1.54, 1.807) is 18.0 Å². The Bertz CT molecular complexity index is 447. The second kappa shape index (κ2) is 5.48. The Morgan fingerprint density at radius 1 is 1.56 bits per heavy atom. The average molecular weight is 250 g/mol. The smallest absolute Gasteiger partial charge is 0.236 e. The lowest BCUT2D eigenvalue weighted by atomic mass is 10.1. The van der Waals surface area contributed by atoms with Gasteiger partial charge in [0.25, 0.3) is 0 Å². The fraction of sp³-hybridized carbons (Fsp3) is 0.500. The van der Waals surface area contributed by atoms with Gasteiger partial charge in [-0.3, -0.25) is 4.79 Å². The minimum Gasteiger partial charge on any atom is -0.345 e. The van der Waals surface area contributed by atoms with Crippen molar-refractivity contribution in [2.24, 2.45) is 0 Å². The van der Waals surface area contributed by atoms with E-state index in [0.29, 0.717) is 13.1 Å². The van der Waals surface area contributed by atoms with Crippen LogP contribution >= 0.6 is 0 Å². The molecule has 3 nitrogen and oxygen atoms in total. The van der Waals surface area contributed by atoms with Crippen LogP contribution < -0.4 is 5.32 Å². The molecule has 98 valence electrons. The van der Waals surface area contributed by atoms with Crippen LogP contribution in [0.25, 0.3) is 0 Å². The van der Waals surface area contributed by atoms with E-state index >= 15 is 0 Å². The van der Waals surface area contributed by atoms with Crippen molar-refractivity contribution in [2.75, 3.05) is 20.1 Å². The molecule has 2 rings (SSSR count). The first-order valence-electron chi connectivity index (χ1n) is 6.37. The lowest BCUT2D eigenvalue weighted by Crippen LogP contribution is -2.36. The van der Waals surface area contributed by atoms with Gasteiger partial charge in [0, 0.05) is 19.6 Å².